The van der Waals surface area contributed by atoms with E-state index in [1.54, 1.807) is 28.8 Å². The predicted octanol–water partition coefficient (Wildman–Crippen LogP) is 4.01. The summed E-state index contributed by atoms with van der Waals surface area (Å²) in [5.41, 5.74) is 2.43. The molecule has 25 heavy (non-hydrogen) atoms. The van der Waals surface area contributed by atoms with Crippen molar-refractivity contribution in [2.75, 3.05) is 4.72 Å². The molecule has 0 spiro atoms. The molecule has 0 amide bonds. The molecule has 132 valence electrons. The van der Waals surface area contributed by atoms with Gasteiger partial charge in [-0.15, -0.1) is 0 Å². The van der Waals surface area contributed by atoms with Gasteiger partial charge in [0.2, 0.25) is 0 Å². The lowest BCUT2D eigenvalue weighted by Crippen LogP contribution is -2.13. The number of anilines is 1. The van der Waals surface area contributed by atoms with Gasteiger partial charge in [0.25, 0.3) is 10.0 Å². The van der Waals surface area contributed by atoms with Crippen LogP contribution in [-0.2, 0) is 16.6 Å². The number of benzene rings is 2. The Morgan fingerprint density at radius 3 is 2.40 bits per heavy atom. The molecule has 2 aromatic carbocycles. The minimum atomic E-state index is -3.70. The third-order valence-electron chi connectivity index (χ3n) is 4.10. The number of fused-ring (bicyclic) bond motifs is 1. The first-order valence-electron chi connectivity index (χ1n) is 8.08. The van der Waals surface area contributed by atoms with Gasteiger partial charge in [0.05, 0.1) is 15.1 Å². The summed E-state index contributed by atoms with van der Waals surface area (Å²) in [4.78, 5) is 12.0. The van der Waals surface area contributed by atoms with Crippen LogP contribution in [0.4, 0.5) is 5.69 Å². The minimum absolute atomic E-state index is 0.0794. The number of aryl methyl sites for hydroxylation is 1. The molecule has 0 unspecified atom stereocenters. The Labute approximate surface area is 151 Å². The average Bonchev–Trinajstić information content (AvgIpc) is 2.89. The molecule has 7 heteroatoms. The lowest BCUT2D eigenvalue weighted by atomic mass is 10.0. The lowest BCUT2D eigenvalue weighted by Gasteiger charge is -2.10. The van der Waals surface area contributed by atoms with Gasteiger partial charge in [0.15, 0.2) is 0 Å². The first-order valence-corrected chi connectivity index (χ1v) is 10.4. The molecule has 1 heterocycles. The second kappa shape index (κ2) is 6.65. The number of hydrogen-bond acceptors (Lipinski definition) is 4. The summed E-state index contributed by atoms with van der Waals surface area (Å²) >= 11 is 1.06. The van der Waals surface area contributed by atoms with Crippen molar-refractivity contribution in [1.29, 1.82) is 0 Å². The lowest BCUT2D eigenvalue weighted by molar-refractivity contribution is 0.601. The van der Waals surface area contributed by atoms with Gasteiger partial charge in [0.1, 0.15) is 0 Å². The third-order valence-corrected chi connectivity index (χ3v) is 6.42. The van der Waals surface area contributed by atoms with Crippen LogP contribution >= 0.6 is 11.3 Å². The fraction of sp³-hybridized carbons (Fsp3) is 0.278. The number of sulfonamides is 1. The molecule has 0 bridgehead atoms. The van der Waals surface area contributed by atoms with E-state index in [-0.39, 0.29) is 9.77 Å². The van der Waals surface area contributed by atoms with Gasteiger partial charge in [-0.05, 0) is 48.7 Å². The number of thiazole rings is 1. The highest BCUT2D eigenvalue weighted by Gasteiger charge is 2.17. The van der Waals surface area contributed by atoms with E-state index in [4.69, 9.17) is 0 Å². The Morgan fingerprint density at radius 1 is 1.12 bits per heavy atom. The van der Waals surface area contributed by atoms with Crippen LogP contribution in [0.1, 0.15) is 32.3 Å². The van der Waals surface area contributed by atoms with Crippen molar-refractivity contribution in [1.82, 2.24) is 4.57 Å². The van der Waals surface area contributed by atoms with Gasteiger partial charge in [-0.1, -0.05) is 37.3 Å². The van der Waals surface area contributed by atoms with Crippen molar-refractivity contribution in [3.05, 3.63) is 57.7 Å². The van der Waals surface area contributed by atoms with Crippen LogP contribution in [0.25, 0.3) is 10.2 Å². The second-order valence-corrected chi connectivity index (χ2v) is 8.80. The standard InChI is InChI=1S/C18H20N2O3S2/c1-4-20-16-10-9-15(11-17(16)24-18(20)21)25(22,23)19-14-7-5-13(6-8-14)12(2)3/h5-12,19H,4H2,1-3H3. The van der Waals surface area contributed by atoms with Gasteiger partial charge in [0, 0.05) is 12.2 Å². The van der Waals surface area contributed by atoms with Crippen molar-refractivity contribution < 1.29 is 8.42 Å². The van der Waals surface area contributed by atoms with Crippen LogP contribution < -0.4 is 9.60 Å². The molecular formula is C18H20N2O3S2. The maximum Gasteiger partial charge on any atom is 0.308 e. The smallest absolute Gasteiger partial charge is 0.299 e. The molecule has 1 N–H and O–H groups in total. The highest BCUT2D eigenvalue weighted by molar-refractivity contribution is 7.92. The molecule has 0 saturated heterocycles. The molecule has 3 rings (SSSR count). The van der Waals surface area contributed by atoms with Crippen molar-refractivity contribution in [3.8, 4) is 0 Å². The first-order chi connectivity index (χ1) is 11.8. The van der Waals surface area contributed by atoms with E-state index in [9.17, 15) is 13.2 Å². The molecule has 0 atom stereocenters. The van der Waals surface area contributed by atoms with Gasteiger partial charge in [-0.2, -0.15) is 0 Å². The molecule has 5 nitrogen and oxygen atoms in total. The third kappa shape index (κ3) is 3.48. The molecule has 0 aliphatic heterocycles. The quantitative estimate of drug-likeness (QED) is 0.732. The van der Waals surface area contributed by atoms with E-state index in [1.807, 2.05) is 19.1 Å². The summed E-state index contributed by atoms with van der Waals surface area (Å²) in [6, 6.07) is 12.1. The molecule has 0 radical (unpaired) electrons. The molecule has 3 aromatic rings. The van der Waals surface area contributed by atoms with E-state index in [0.717, 1.165) is 22.4 Å². The summed E-state index contributed by atoms with van der Waals surface area (Å²) in [6.45, 7) is 6.62. The van der Waals surface area contributed by atoms with Crippen LogP contribution in [-0.4, -0.2) is 13.0 Å². The topological polar surface area (TPSA) is 68.2 Å². The van der Waals surface area contributed by atoms with E-state index >= 15 is 0 Å². The van der Waals surface area contributed by atoms with Gasteiger partial charge < -0.3 is 0 Å². The zero-order valence-corrected chi connectivity index (χ0v) is 15.9. The van der Waals surface area contributed by atoms with Crippen molar-refractivity contribution in [2.24, 2.45) is 0 Å². The molecule has 0 saturated carbocycles. The van der Waals surface area contributed by atoms with Crippen LogP contribution in [0.5, 0.6) is 0 Å². The fourth-order valence-corrected chi connectivity index (χ4v) is 4.82. The van der Waals surface area contributed by atoms with E-state index < -0.39 is 10.0 Å². The molecule has 0 fully saturated rings. The molecule has 1 aromatic heterocycles. The van der Waals surface area contributed by atoms with Crippen LogP contribution in [0.2, 0.25) is 0 Å². The van der Waals surface area contributed by atoms with Gasteiger partial charge in [-0.25, -0.2) is 8.42 Å². The SMILES string of the molecule is CCn1c(=O)sc2cc(S(=O)(=O)Nc3ccc(C(C)C)cc3)ccc21. The summed E-state index contributed by atoms with van der Waals surface area (Å²) in [6.07, 6.45) is 0. The summed E-state index contributed by atoms with van der Waals surface area (Å²) in [5, 5.41) is 0. The van der Waals surface area contributed by atoms with Crippen molar-refractivity contribution in [3.63, 3.8) is 0 Å². The van der Waals surface area contributed by atoms with E-state index in [2.05, 4.69) is 18.6 Å². The Bertz CT molecular complexity index is 1060. The number of hydrogen-bond donors (Lipinski definition) is 1. The van der Waals surface area contributed by atoms with E-state index in [1.165, 1.54) is 6.07 Å². The van der Waals surface area contributed by atoms with Gasteiger partial charge in [-0.3, -0.25) is 14.1 Å². The van der Waals surface area contributed by atoms with Crippen molar-refractivity contribution in [2.45, 2.75) is 38.1 Å². The second-order valence-electron chi connectivity index (χ2n) is 6.12. The highest BCUT2D eigenvalue weighted by atomic mass is 32.2. The van der Waals surface area contributed by atoms with Gasteiger partial charge >= 0.3 is 4.87 Å². The van der Waals surface area contributed by atoms with Crippen LogP contribution in [0, 0.1) is 0 Å². The van der Waals surface area contributed by atoms with E-state index in [0.29, 0.717) is 22.8 Å². The number of nitrogens with one attached hydrogen (secondary N) is 1. The maximum atomic E-state index is 12.6. The number of aromatic nitrogens is 1. The Balaban J connectivity index is 1.94. The average molecular weight is 377 g/mol. The molecule has 0 aliphatic carbocycles. The summed E-state index contributed by atoms with van der Waals surface area (Å²) in [5.74, 6) is 0.387. The Hall–Kier alpha value is -2.12. The largest absolute Gasteiger partial charge is 0.308 e. The summed E-state index contributed by atoms with van der Waals surface area (Å²) < 4.78 is 30.2. The Morgan fingerprint density at radius 2 is 1.80 bits per heavy atom. The highest BCUT2D eigenvalue weighted by Crippen LogP contribution is 2.24. The van der Waals surface area contributed by atoms with Crippen molar-refractivity contribution >= 4 is 37.3 Å². The first kappa shape index (κ1) is 17.7. The Kier molecular flexibility index (Phi) is 4.71. The minimum Gasteiger partial charge on any atom is -0.299 e. The zero-order chi connectivity index (χ0) is 18.2. The zero-order valence-electron chi connectivity index (χ0n) is 14.3. The number of nitrogens with zero attached hydrogens (tertiary/aromatic N) is 1. The normalized spacial score (nSPS) is 12.0. The van der Waals surface area contributed by atoms with Crippen LogP contribution in [0.3, 0.4) is 0 Å². The maximum absolute atomic E-state index is 12.6. The predicted molar refractivity (Wildman–Crippen MR) is 103 cm³/mol. The summed E-state index contributed by atoms with van der Waals surface area (Å²) in [7, 11) is -3.70. The molecular weight excluding hydrogens is 356 g/mol. The fourth-order valence-electron chi connectivity index (χ4n) is 2.66. The molecule has 0 aliphatic rings. The van der Waals surface area contributed by atoms with Crippen LogP contribution in [0.15, 0.2) is 52.2 Å². The number of rotatable bonds is 5. The monoisotopic (exact) mass is 376 g/mol.